The van der Waals surface area contributed by atoms with E-state index in [0.29, 0.717) is 23.3 Å². The van der Waals surface area contributed by atoms with Crippen LogP contribution < -0.4 is 14.9 Å². The molecule has 3 aromatic rings. The van der Waals surface area contributed by atoms with E-state index < -0.39 is 5.43 Å². The second-order valence-corrected chi connectivity index (χ2v) is 9.02. The number of phenols is 2. The molecule has 184 valence electrons. The quantitative estimate of drug-likeness (QED) is 0.434. The van der Waals surface area contributed by atoms with Gasteiger partial charge in [0.25, 0.3) is 0 Å². The second-order valence-electron chi connectivity index (χ2n) is 9.02. The molecule has 0 fully saturated rings. The van der Waals surface area contributed by atoms with Gasteiger partial charge in [-0.25, -0.2) is 0 Å². The maximum absolute atomic E-state index is 13.7. The highest BCUT2D eigenvalue weighted by Gasteiger charge is 2.28. The van der Waals surface area contributed by atoms with Gasteiger partial charge < -0.3 is 28.8 Å². The molecule has 1 aliphatic rings. The van der Waals surface area contributed by atoms with Crippen molar-refractivity contribution in [3.05, 3.63) is 68.4 Å². The fourth-order valence-corrected chi connectivity index (χ4v) is 4.17. The number of ether oxygens (including phenoxy) is 3. The molecule has 2 heterocycles. The molecule has 0 bridgehead atoms. The summed E-state index contributed by atoms with van der Waals surface area (Å²) in [5.41, 5.74) is 3.67. The molecule has 0 amide bonds. The molecule has 4 rings (SSSR count). The third-order valence-corrected chi connectivity index (χ3v) is 5.99. The zero-order chi connectivity index (χ0) is 25.3. The van der Waals surface area contributed by atoms with E-state index in [2.05, 4.69) is 0 Å². The maximum atomic E-state index is 13.7. The number of fused-ring (bicyclic) bond motifs is 2. The highest BCUT2D eigenvalue weighted by Crippen LogP contribution is 2.44. The van der Waals surface area contributed by atoms with Gasteiger partial charge in [-0.2, -0.15) is 0 Å². The zero-order valence-corrected chi connectivity index (χ0v) is 20.7. The monoisotopic (exact) mass is 478 g/mol. The van der Waals surface area contributed by atoms with Gasteiger partial charge in [-0.15, -0.1) is 0 Å². The van der Waals surface area contributed by atoms with Crippen molar-refractivity contribution in [3.63, 3.8) is 0 Å². The highest BCUT2D eigenvalue weighted by molar-refractivity contribution is 5.93. The fraction of sp³-hybridized carbons (Fsp3) is 0.321. The Bertz CT molecular complexity index is 1400. The first-order valence-corrected chi connectivity index (χ1v) is 11.4. The molecule has 0 radical (unpaired) electrons. The summed E-state index contributed by atoms with van der Waals surface area (Å²) in [6, 6.07) is 5.41. The number of aromatic hydroxyl groups is 2. The number of allylic oxidation sites excluding steroid dienone is 4. The summed E-state index contributed by atoms with van der Waals surface area (Å²) in [5.74, 6) is 0.373. The van der Waals surface area contributed by atoms with Gasteiger partial charge in [-0.05, 0) is 46.6 Å². The molecule has 1 aromatic heterocycles. The number of phenolic OH excluding ortho intramolecular Hbond substituents is 2. The summed E-state index contributed by atoms with van der Waals surface area (Å²) >= 11 is 0. The minimum Gasteiger partial charge on any atom is -0.507 e. The van der Waals surface area contributed by atoms with Crippen LogP contribution in [-0.4, -0.2) is 24.1 Å². The van der Waals surface area contributed by atoms with E-state index in [-0.39, 0.29) is 59.4 Å². The van der Waals surface area contributed by atoms with E-state index in [4.69, 9.17) is 18.6 Å². The zero-order valence-electron chi connectivity index (χ0n) is 20.7. The first-order valence-electron chi connectivity index (χ1n) is 11.4. The average Bonchev–Trinajstić information content (AvgIpc) is 2.82. The molecule has 7 heteroatoms. The van der Waals surface area contributed by atoms with Gasteiger partial charge in [0, 0.05) is 22.3 Å². The van der Waals surface area contributed by atoms with Crippen molar-refractivity contribution in [3.8, 4) is 34.3 Å². The van der Waals surface area contributed by atoms with Gasteiger partial charge in [-0.3, -0.25) is 4.79 Å². The van der Waals surface area contributed by atoms with Crippen molar-refractivity contribution in [2.45, 2.75) is 47.1 Å². The van der Waals surface area contributed by atoms with E-state index in [1.807, 2.05) is 45.9 Å². The van der Waals surface area contributed by atoms with E-state index in [0.717, 1.165) is 16.7 Å². The standard InChI is InChI=1S/C28H30O7/c1-15(2)9-11-18-23(29)19(12-10-16(3)4)26-22(24(18)30)25(31)28(32-5)27(35-26)17-7-6-8-21-20(17)13-33-14-34-21/h6-10,29-30H,11-14H2,1-5H3. The van der Waals surface area contributed by atoms with Crippen LogP contribution in [0.3, 0.4) is 0 Å². The van der Waals surface area contributed by atoms with Gasteiger partial charge in [0.2, 0.25) is 11.2 Å². The SMILES string of the molecule is COc1c(-c2cccc3c2COCO3)oc2c(CC=C(C)C)c(O)c(CC=C(C)C)c(O)c2c1=O. The fourth-order valence-electron chi connectivity index (χ4n) is 4.17. The van der Waals surface area contributed by atoms with Crippen molar-refractivity contribution in [2.24, 2.45) is 0 Å². The normalized spacial score (nSPS) is 12.6. The molecule has 7 nitrogen and oxygen atoms in total. The van der Waals surface area contributed by atoms with Crippen molar-refractivity contribution < 1.29 is 28.8 Å². The van der Waals surface area contributed by atoms with Crippen LogP contribution in [-0.2, 0) is 24.2 Å². The van der Waals surface area contributed by atoms with Crippen molar-refractivity contribution in [1.82, 2.24) is 0 Å². The third kappa shape index (κ3) is 4.51. The van der Waals surface area contributed by atoms with Crippen LogP contribution in [0.15, 0.2) is 50.7 Å². The number of hydrogen-bond acceptors (Lipinski definition) is 7. The Morgan fingerprint density at radius 3 is 2.37 bits per heavy atom. The number of benzene rings is 2. The topological polar surface area (TPSA) is 98.4 Å². The molecule has 1 aliphatic heterocycles. The van der Waals surface area contributed by atoms with Gasteiger partial charge >= 0.3 is 0 Å². The molecule has 35 heavy (non-hydrogen) atoms. The van der Waals surface area contributed by atoms with Crippen LogP contribution in [0, 0.1) is 0 Å². The van der Waals surface area contributed by atoms with Crippen LogP contribution in [0.1, 0.15) is 44.4 Å². The Labute approximate surface area is 203 Å². The van der Waals surface area contributed by atoms with E-state index in [9.17, 15) is 15.0 Å². The minimum absolute atomic E-state index is 0.0185. The summed E-state index contributed by atoms with van der Waals surface area (Å²) in [7, 11) is 1.38. The minimum atomic E-state index is -0.520. The van der Waals surface area contributed by atoms with Crippen LogP contribution in [0.5, 0.6) is 23.0 Å². The molecule has 2 N–H and O–H groups in total. The molecule has 2 aromatic carbocycles. The van der Waals surface area contributed by atoms with Crippen molar-refractivity contribution in [1.29, 1.82) is 0 Å². The van der Waals surface area contributed by atoms with Crippen LogP contribution >= 0.6 is 0 Å². The van der Waals surface area contributed by atoms with E-state index in [1.54, 1.807) is 12.1 Å². The van der Waals surface area contributed by atoms with Gasteiger partial charge in [0.05, 0.1) is 13.7 Å². The first-order chi connectivity index (χ1) is 16.7. The van der Waals surface area contributed by atoms with Gasteiger partial charge in [0.1, 0.15) is 28.2 Å². The average molecular weight is 479 g/mol. The Morgan fingerprint density at radius 2 is 1.71 bits per heavy atom. The van der Waals surface area contributed by atoms with Crippen LogP contribution in [0.2, 0.25) is 0 Å². The molecule has 0 aliphatic carbocycles. The van der Waals surface area contributed by atoms with Crippen LogP contribution in [0.25, 0.3) is 22.3 Å². The Kier molecular flexibility index (Phi) is 6.89. The summed E-state index contributed by atoms with van der Waals surface area (Å²) in [6.45, 7) is 8.17. The van der Waals surface area contributed by atoms with Gasteiger partial charge in [0.15, 0.2) is 12.6 Å². The lowest BCUT2D eigenvalue weighted by atomic mass is 9.95. The predicted molar refractivity (Wildman–Crippen MR) is 134 cm³/mol. The van der Waals surface area contributed by atoms with Crippen LogP contribution in [0.4, 0.5) is 0 Å². The molecular weight excluding hydrogens is 448 g/mol. The molecule has 0 saturated heterocycles. The molecule has 0 spiro atoms. The third-order valence-electron chi connectivity index (χ3n) is 5.99. The lowest BCUT2D eigenvalue weighted by molar-refractivity contribution is -0.0161. The summed E-state index contributed by atoms with van der Waals surface area (Å²) < 4.78 is 22.9. The number of hydrogen-bond donors (Lipinski definition) is 2. The largest absolute Gasteiger partial charge is 0.507 e. The lowest BCUT2D eigenvalue weighted by Gasteiger charge is -2.21. The molecule has 0 saturated carbocycles. The number of methoxy groups -OCH3 is 1. The van der Waals surface area contributed by atoms with E-state index in [1.165, 1.54) is 7.11 Å². The van der Waals surface area contributed by atoms with Crippen molar-refractivity contribution >= 4 is 11.0 Å². The Hall–Kier alpha value is -3.71. The van der Waals surface area contributed by atoms with Crippen molar-refractivity contribution in [2.75, 3.05) is 13.9 Å². The Morgan fingerprint density at radius 1 is 1.03 bits per heavy atom. The second kappa shape index (κ2) is 9.88. The summed E-state index contributed by atoms with van der Waals surface area (Å²) in [6.07, 6.45) is 4.41. The molecule has 0 atom stereocenters. The molecule has 0 unspecified atom stereocenters. The highest BCUT2D eigenvalue weighted by atomic mass is 16.7. The predicted octanol–water partition coefficient (Wildman–Crippen LogP) is 5.76. The van der Waals surface area contributed by atoms with E-state index >= 15 is 0 Å². The lowest BCUT2D eigenvalue weighted by Crippen LogP contribution is -2.14. The van der Waals surface area contributed by atoms with Gasteiger partial charge in [-0.1, -0.05) is 35.4 Å². The smallest absolute Gasteiger partial charge is 0.239 e. The number of rotatable bonds is 6. The summed E-state index contributed by atoms with van der Waals surface area (Å²) in [4.78, 5) is 13.7. The summed E-state index contributed by atoms with van der Waals surface area (Å²) in [5, 5.41) is 22.3. The first kappa shape index (κ1) is 24.4. The Balaban J connectivity index is 2.10. The molecular formula is C28H30O7. The maximum Gasteiger partial charge on any atom is 0.239 e.